The second kappa shape index (κ2) is 11.3. The van der Waals surface area contributed by atoms with Crippen molar-refractivity contribution in [1.29, 1.82) is 0 Å². The number of rotatable bonds is 8. The van der Waals surface area contributed by atoms with Gasteiger partial charge in [-0.3, -0.25) is 14.8 Å². The molecule has 1 atom stereocenters. The molecule has 4 aromatic rings. The molecule has 1 aliphatic heterocycles. The molecule has 0 spiro atoms. The van der Waals surface area contributed by atoms with Gasteiger partial charge in [-0.15, -0.1) is 0 Å². The minimum absolute atomic E-state index is 0.0602. The van der Waals surface area contributed by atoms with Crippen LogP contribution in [0.4, 0.5) is 5.69 Å². The number of amides is 1. The number of anilines is 1. The Morgan fingerprint density at radius 1 is 1.00 bits per heavy atom. The highest BCUT2D eigenvalue weighted by Crippen LogP contribution is 2.37. The smallest absolute Gasteiger partial charge is 0.271 e. The Morgan fingerprint density at radius 2 is 1.73 bits per heavy atom. The van der Waals surface area contributed by atoms with Gasteiger partial charge in [0.2, 0.25) is 0 Å². The molecule has 0 unspecified atom stereocenters. The molecule has 0 radical (unpaired) electrons. The Morgan fingerprint density at radius 3 is 2.43 bits per heavy atom. The van der Waals surface area contributed by atoms with Crippen LogP contribution in [0.2, 0.25) is 0 Å². The van der Waals surface area contributed by atoms with E-state index in [1.807, 2.05) is 61.5 Å². The maximum Gasteiger partial charge on any atom is 0.271 e. The van der Waals surface area contributed by atoms with E-state index < -0.39 is 0 Å². The highest BCUT2D eigenvalue weighted by atomic mass is 16.5. The zero-order valence-electron chi connectivity index (χ0n) is 20.5. The Labute approximate surface area is 216 Å². The van der Waals surface area contributed by atoms with Crippen LogP contribution >= 0.6 is 0 Å². The van der Waals surface area contributed by atoms with Gasteiger partial charge in [0.15, 0.2) is 0 Å². The minimum atomic E-state index is -0.284. The van der Waals surface area contributed by atoms with Crippen LogP contribution in [0.5, 0.6) is 5.75 Å². The van der Waals surface area contributed by atoms with Gasteiger partial charge in [-0.1, -0.05) is 54.6 Å². The van der Waals surface area contributed by atoms with Gasteiger partial charge in [0.05, 0.1) is 30.3 Å². The number of carbonyl (C=O) groups excluding carboxylic acids is 1. The molecule has 0 saturated carbocycles. The van der Waals surface area contributed by atoms with E-state index in [4.69, 9.17) is 9.84 Å². The molecule has 0 saturated heterocycles. The standard InChI is InChI=1S/C30H27N5O2/c1-2-37-27-14-10-24(11-15-27)29-20-28(23-6-4-3-5-7-23)34-35(29)26-12-8-22(9-13-26)21-32-33-30(36)25-16-18-31-19-17-25/h3-19,21,29H,2,20H2,1H3,(H,33,36)/t29-/m0/s1. The number of pyridine rings is 1. The fourth-order valence-electron chi connectivity index (χ4n) is 4.21. The van der Waals surface area contributed by atoms with Gasteiger partial charge in [0.1, 0.15) is 5.75 Å². The molecule has 3 aromatic carbocycles. The summed E-state index contributed by atoms with van der Waals surface area (Å²) in [5.74, 6) is 0.577. The van der Waals surface area contributed by atoms with Crippen LogP contribution in [0.15, 0.2) is 114 Å². The predicted octanol–water partition coefficient (Wildman–Crippen LogP) is 5.60. The van der Waals surface area contributed by atoms with E-state index in [2.05, 4.69) is 44.8 Å². The van der Waals surface area contributed by atoms with Crippen LogP contribution in [0.3, 0.4) is 0 Å². The lowest BCUT2D eigenvalue weighted by Crippen LogP contribution is -2.18. The summed E-state index contributed by atoms with van der Waals surface area (Å²) in [5.41, 5.74) is 8.22. The van der Waals surface area contributed by atoms with Gasteiger partial charge in [0, 0.05) is 24.4 Å². The van der Waals surface area contributed by atoms with Gasteiger partial charge in [-0.25, -0.2) is 5.43 Å². The lowest BCUT2D eigenvalue weighted by Gasteiger charge is -2.24. The molecule has 5 rings (SSSR count). The van der Waals surface area contributed by atoms with Crippen molar-refractivity contribution in [2.75, 3.05) is 11.6 Å². The predicted molar refractivity (Wildman–Crippen MR) is 146 cm³/mol. The first kappa shape index (κ1) is 23.9. The lowest BCUT2D eigenvalue weighted by atomic mass is 9.98. The minimum Gasteiger partial charge on any atom is -0.494 e. The molecule has 7 nitrogen and oxygen atoms in total. The quantitative estimate of drug-likeness (QED) is 0.258. The summed E-state index contributed by atoms with van der Waals surface area (Å²) in [6.45, 7) is 2.62. The second-order valence-corrected chi connectivity index (χ2v) is 8.51. The van der Waals surface area contributed by atoms with Crippen molar-refractivity contribution in [3.05, 3.63) is 126 Å². The third kappa shape index (κ3) is 5.73. The first-order chi connectivity index (χ1) is 18.2. The molecule has 1 aliphatic rings. The van der Waals surface area contributed by atoms with Gasteiger partial charge in [-0.05, 0) is 60.0 Å². The second-order valence-electron chi connectivity index (χ2n) is 8.51. The monoisotopic (exact) mass is 489 g/mol. The van der Waals surface area contributed by atoms with Gasteiger partial charge >= 0.3 is 0 Å². The summed E-state index contributed by atoms with van der Waals surface area (Å²) in [6, 6.07) is 29.8. The summed E-state index contributed by atoms with van der Waals surface area (Å²) < 4.78 is 5.63. The van der Waals surface area contributed by atoms with E-state index in [0.29, 0.717) is 12.2 Å². The third-order valence-corrected chi connectivity index (χ3v) is 6.07. The van der Waals surface area contributed by atoms with Gasteiger partial charge in [-0.2, -0.15) is 10.2 Å². The molecule has 37 heavy (non-hydrogen) atoms. The molecule has 0 bridgehead atoms. The number of hydrogen-bond acceptors (Lipinski definition) is 6. The van der Waals surface area contributed by atoms with E-state index in [1.54, 1.807) is 30.7 Å². The van der Waals surface area contributed by atoms with Crippen LogP contribution < -0.4 is 15.2 Å². The third-order valence-electron chi connectivity index (χ3n) is 6.07. The molecule has 1 amide bonds. The molecule has 0 fully saturated rings. The number of ether oxygens (including phenoxy) is 1. The average Bonchev–Trinajstić information content (AvgIpc) is 3.40. The van der Waals surface area contributed by atoms with Crippen molar-refractivity contribution in [2.24, 2.45) is 10.2 Å². The van der Waals surface area contributed by atoms with E-state index in [0.717, 1.165) is 34.7 Å². The van der Waals surface area contributed by atoms with Crippen molar-refractivity contribution in [3.63, 3.8) is 0 Å². The zero-order valence-corrected chi connectivity index (χ0v) is 20.5. The van der Waals surface area contributed by atoms with Crippen LogP contribution in [-0.2, 0) is 0 Å². The molecule has 0 aliphatic carbocycles. The molecule has 7 heteroatoms. The van der Waals surface area contributed by atoms with Crippen molar-refractivity contribution in [1.82, 2.24) is 10.4 Å². The van der Waals surface area contributed by atoms with Crippen LogP contribution in [0.25, 0.3) is 0 Å². The summed E-state index contributed by atoms with van der Waals surface area (Å²) in [7, 11) is 0. The van der Waals surface area contributed by atoms with Crippen molar-refractivity contribution in [2.45, 2.75) is 19.4 Å². The number of carbonyl (C=O) groups is 1. The SMILES string of the molecule is CCOc1ccc([C@@H]2CC(c3ccccc3)=NN2c2ccc(C=NNC(=O)c3ccncc3)cc2)cc1. The van der Waals surface area contributed by atoms with Gasteiger partial charge < -0.3 is 4.74 Å². The maximum absolute atomic E-state index is 12.2. The van der Waals surface area contributed by atoms with Crippen molar-refractivity contribution in [3.8, 4) is 5.75 Å². The van der Waals surface area contributed by atoms with E-state index in [9.17, 15) is 4.79 Å². The van der Waals surface area contributed by atoms with Crippen LogP contribution in [0.1, 0.15) is 46.4 Å². The fraction of sp³-hybridized carbons (Fsp3) is 0.133. The first-order valence-electron chi connectivity index (χ1n) is 12.2. The van der Waals surface area contributed by atoms with E-state index >= 15 is 0 Å². The maximum atomic E-state index is 12.2. The molecule has 1 aromatic heterocycles. The number of benzene rings is 3. The number of nitrogens with zero attached hydrogens (tertiary/aromatic N) is 4. The van der Waals surface area contributed by atoms with Crippen LogP contribution in [0, 0.1) is 0 Å². The van der Waals surface area contributed by atoms with Crippen molar-refractivity contribution < 1.29 is 9.53 Å². The Hall–Kier alpha value is -4.78. The largest absolute Gasteiger partial charge is 0.494 e. The topological polar surface area (TPSA) is 79.2 Å². The van der Waals surface area contributed by atoms with Crippen LogP contribution in [-0.4, -0.2) is 29.4 Å². The highest BCUT2D eigenvalue weighted by molar-refractivity contribution is 6.03. The molecule has 2 heterocycles. The number of hydrogen-bond donors (Lipinski definition) is 1. The summed E-state index contributed by atoms with van der Waals surface area (Å²) in [4.78, 5) is 16.1. The molecular formula is C30H27N5O2. The fourth-order valence-corrected chi connectivity index (χ4v) is 4.21. The number of aromatic nitrogens is 1. The highest BCUT2D eigenvalue weighted by Gasteiger charge is 2.29. The summed E-state index contributed by atoms with van der Waals surface area (Å²) in [5, 5.41) is 11.2. The average molecular weight is 490 g/mol. The summed E-state index contributed by atoms with van der Waals surface area (Å²) in [6.07, 6.45) is 5.56. The number of nitrogens with one attached hydrogen (secondary N) is 1. The number of hydrazone groups is 2. The molecule has 184 valence electrons. The normalized spacial score (nSPS) is 15.0. The molecule has 1 N–H and O–H groups in total. The lowest BCUT2D eigenvalue weighted by molar-refractivity contribution is 0.0955. The zero-order chi connectivity index (χ0) is 25.5. The van der Waals surface area contributed by atoms with E-state index in [-0.39, 0.29) is 11.9 Å². The Bertz CT molecular complexity index is 1390. The Balaban J connectivity index is 1.35. The summed E-state index contributed by atoms with van der Waals surface area (Å²) >= 11 is 0. The first-order valence-corrected chi connectivity index (χ1v) is 12.2. The molecular weight excluding hydrogens is 462 g/mol. The van der Waals surface area contributed by atoms with E-state index in [1.165, 1.54) is 5.56 Å². The van der Waals surface area contributed by atoms with Crippen molar-refractivity contribution >= 4 is 23.5 Å². The van der Waals surface area contributed by atoms with Gasteiger partial charge in [0.25, 0.3) is 5.91 Å². The Kier molecular flexibility index (Phi) is 7.31.